The van der Waals surface area contributed by atoms with Gasteiger partial charge in [0.05, 0.1) is 18.4 Å². The maximum absolute atomic E-state index is 13.3. The van der Waals surface area contributed by atoms with E-state index < -0.39 is 0 Å². The molecule has 0 spiro atoms. The molecule has 0 amide bonds. The number of benzene rings is 2. The van der Waals surface area contributed by atoms with E-state index in [9.17, 15) is 4.79 Å². The summed E-state index contributed by atoms with van der Waals surface area (Å²) in [6.45, 7) is 13.3. The molecule has 4 rings (SSSR count). The highest BCUT2D eigenvalue weighted by Gasteiger charge is 2.22. The second kappa shape index (κ2) is 11.1. The average Bonchev–Trinajstić information content (AvgIpc) is 3.43. The van der Waals surface area contributed by atoms with Crippen molar-refractivity contribution in [3.63, 3.8) is 0 Å². The van der Waals surface area contributed by atoms with Crippen LogP contribution in [0.1, 0.15) is 61.0 Å². The first-order valence-corrected chi connectivity index (χ1v) is 13.6. The molecule has 0 aliphatic rings. The van der Waals surface area contributed by atoms with Crippen LogP contribution in [0.3, 0.4) is 0 Å². The molecule has 6 nitrogen and oxygen atoms in total. The second-order valence-electron chi connectivity index (χ2n) is 10.5. The zero-order valence-corrected chi connectivity index (χ0v) is 23.6. The highest BCUT2D eigenvalue weighted by molar-refractivity contribution is 7.99. The van der Waals surface area contributed by atoms with E-state index in [1.165, 1.54) is 17.3 Å². The molecule has 37 heavy (non-hydrogen) atoms. The van der Waals surface area contributed by atoms with Crippen LogP contribution in [0.2, 0.25) is 0 Å². The number of hydrogen-bond acceptors (Lipinski definition) is 5. The Hall–Kier alpha value is -3.16. The Morgan fingerprint density at radius 2 is 1.70 bits per heavy atom. The molecule has 0 saturated heterocycles. The van der Waals surface area contributed by atoms with Gasteiger partial charge < -0.3 is 9.30 Å². The first-order valence-electron chi connectivity index (χ1n) is 12.6. The molecule has 4 aromatic rings. The van der Waals surface area contributed by atoms with Gasteiger partial charge in [0.15, 0.2) is 16.8 Å². The van der Waals surface area contributed by atoms with E-state index >= 15 is 0 Å². The number of para-hydroxylation sites is 1. The van der Waals surface area contributed by atoms with Crippen LogP contribution in [0.15, 0.2) is 65.8 Å². The van der Waals surface area contributed by atoms with Crippen molar-refractivity contribution < 1.29 is 9.53 Å². The lowest BCUT2D eigenvalue weighted by atomic mass is 9.87. The summed E-state index contributed by atoms with van der Waals surface area (Å²) >= 11 is 1.42. The van der Waals surface area contributed by atoms with Gasteiger partial charge in [-0.15, -0.1) is 10.2 Å². The summed E-state index contributed by atoms with van der Waals surface area (Å²) in [5, 5.41) is 9.74. The lowest BCUT2D eigenvalue weighted by Gasteiger charge is -2.19. The number of rotatable bonds is 9. The van der Waals surface area contributed by atoms with Crippen molar-refractivity contribution in [3.05, 3.63) is 83.2 Å². The third kappa shape index (κ3) is 5.73. The van der Waals surface area contributed by atoms with Crippen molar-refractivity contribution in [3.8, 4) is 17.1 Å². The summed E-state index contributed by atoms with van der Waals surface area (Å²) in [7, 11) is 1.70. The molecular formula is C30H36N4O2S. The summed E-state index contributed by atoms with van der Waals surface area (Å²) < 4.78 is 9.54. The van der Waals surface area contributed by atoms with Crippen molar-refractivity contribution in [2.24, 2.45) is 0 Å². The van der Waals surface area contributed by atoms with Gasteiger partial charge in [0.2, 0.25) is 0 Å². The molecule has 194 valence electrons. The lowest BCUT2D eigenvalue weighted by molar-refractivity contribution is 0.102. The maximum Gasteiger partial charge on any atom is 0.196 e. The summed E-state index contributed by atoms with van der Waals surface area (Å²) in [5.74, 6) is 1.11. The Kier molecular flexibility index (Phi) is 8.05. The molecule has 2 aromatic heterocycles. The van der Waals surface area contributed by atoms with E-state index in [-0.39, 0.29) is 23.0 Å². The number of ether oxygens (including phenoxy) is 1. The minimum absolute atomic E-state index is 0.0732. The predicted octanol–water partition coefficient (Wildman–Crippen LogP) is 6.83. The van der Waals surface area contributed by atoms with Gasteiger partial charge in [0.1, 0.15) is 0 Å². The minimum atomic E-state index is 0.0732. The molecule has 0 radical (unpaired) electrons. The first kappa shape index (κ1) is 26.9. The Balaban J connectivity index is 1.63. The zero-order chi connectivity index (χ0) is 26.7. The SMILES string of the molecule is COC[C@@H](C)n1c(C)cc(C(=O)CSc2nnc(-c3ccc(C(C)(C)C)cc3)n2-c2ccccc2)c1C. The minimum Gasteiger partial charge on any atom is -0.383 e. The van der Waals surface area contributed by atoms with E-state index in [2.05, 4.69) is 66.7 Å². The number of nitrogens with zero attached hydrogens (tertiary/aromatic N) is 4. The van der Waals surface area contributed by atoms with Crippen molar-refractivity contribution >= 4 is 17.5 Å². The van der Waals surface area contributed by atoms with Gasteiger partial charge >= 0.3 is 0 Å². The fourth-order valence-corrected chi connectivity index (χ4v) is 5.58. The maximum atomic E-state index is 13.3. The van der Waals surface area contributed by atoms with Crippen LogP contribution in [-0.2, 0) is 10.2 Å². The van der Waals surface area contributed by atoms with Gasteiger partial charge in [-0.1, -0.05) is 75.0 Å². The molecule has 0 aliphatic heterocycles. The zero-order valence-electron chi connectivity index (χ0n) is 22.8. The van der Waals surface area contributed by atoms with Crippen LogP contribution in [0, 0.1) is 13.8 Å². The lowest BCUT2D eigenvalue weighted by Crippen LogP contribution is -2.14. The van der Waals surface area contributed by atoms with E-state index in [4.69, 9.17) is 4.74 Å². The Morgan fingerprint density at radius 1 is 1.03 bits per heavy atom. The molecule has 1 atom stereocenters. The van der Waals surface area contributed by atoms with Crippen LogP contribution < -0.4 is 0 Å². The molecule has 0 saturated carbocycles. The van der Waals surface area contributed by atoms with Crippen LogP contribution in [0.25, 0.3) is 17.1 Å². The number of carbonyl (C=O) groups is 1. The van der Waals surface area contributed by atoms with Crippen molar-refractivity contribution in [1.82, 2.24) is 19.3 Å². The quantitative estimate of drug-likeness (QED) is 0.180. The highest BCUT2D eigenvalue weighted by Crippen LogP contribution is 2.31. The van der Waals surface area contributed by atoms with Crippen LogP contribution in [0.5, 0.6) is 0 Å². The standard InChI is InChI=1S/C30H36N4O2S/c1-20-17-26(22(3)33(20)21(2)18-36-7)27(35)19-37-29-32-31-28(34(29)25-11-9-8-10-12-25)23-13-15-24(16-14-23)30(4,5)6/h8-17,21H,18-19H2,1-7H3/t21-/m1/s1. The van der Waals surface area contributed by atoms with Crippen molar-refractivity contribution in [1.29, 1.82) is 0 Å². The molecule has 2 aromatic carbocycles. The Labute approximate surface area is 224 Å². The van der Waals surface area contributed by atoms with Gasteiger partial charge in [-0.2, -0.15) is 0 Å². The summed E-state index contributed by atoms with van der Waals surface area (Å²) in [5.41, 5.74) is 6.06. The summed E-state index contributed by atoms with van der Waals surface area (Å²) in [4.78, 5) is 13.3. The number of methoxy groups -OCH3 is 1. The number of thioether (sulfide) groups is 1. The van der Waals surface area contributed by atoms with E-state index in [1.807, 2.05) is 54.8 Å². The number of aryl methyl sites for hydroxylation is 1. The average molecular weight is 517 g/mol. The van der Waals surface area contributed by atoms with E-state index in [0.717, 1.165) is 34.0 Å². The number of carbonyl (C=O) groups excluding carboxylic acids is 1. The smallest absolute Gasteiger partial charge is 0.196 e. The van der Waals surface area contributed by atoms with Crippen LogP contribution in [-0.4, -0.2) is 44.6 Å². The number of ketones is 1. The van der Waals surface area contributed by atoms with Crippen LogP contribution in [0.4, 0.5) is 0 Å². The number of aromatic nitrogens is 4. The van der Waals surface area contributed by atoms with E-state index in [0.29, 0.717) is 11.8 Å². The molecule has 7 heteroatoms. The summed E-state index contributed by atoms with van der Waals surface area (Å²) in [6.07, 6.45) is 0. The molecule has 0 fully saturated rings. The highest BCUT2D eigenvalue weighted by atomic mass is 32.2. The van der Waals surface area contributed by atoms with E-state index in [1.54, 1.807) is 7.11 Å². The molecule has 0 aliphatic carbocycles. The van der Waals surface area contributed by atoms with Gasteiger partial charge in [-0.05, 0) is 49.9 Å². The van der Waals surface area contributed by atoms with Gasteiger partial charge in [0, 0.05) is 35.3 Å². The molecule has 0 N–H and O–H groups in total. The first-order chi connectivity index (χ1) is 17.6. The Morgan fingerprint density at radius 3 is 2.32 bits per heavy atom. The third-order valence-corrected chi connectivity index (χ3v) is 7.55. The predicted molar refractivity (Wildman–Crippen MR) is 151 cm³/mol. The van der Waals surface area contributed by atoms with Gasteiger partial charge in [-0.3, -0.25) is 9.36 Å². The topological polar surface area (TPSA) is 61.9 Å². The molecule has 0 bridgehead atoms. The Bertz CT molecular complexity index is 1370. The second-order valence-corrected chi connectivity index (χ2v) is 11.4. The molecule has 2 heterocycles. The van der Waals surface area contributed by atoms with Gasteiger partial charge in [0.25, 0.3) is 0 Å². The molecular weight excluding hydrogens is 480 g/mol. The number of Topliss-reactive ketones (excluding diaryl/α,β-unsaturated/α-hetero) is 1. The monoisotopic (exact) mass is 516 g/mol. The van der Waals surface area contributed by atoms with Crippen molar-refractivity contribution in [2.45, 2.75) is 58.2 Å². The van der Waals surface area contributed by atoms with Crippen molar-refractivity contribution in [2.75, 3.05) is 19.5 Å². The fraction of sp³-hybridized carbons (Fsp3) is 0.367. The third-order valence-electron chi connectivity index (χ3n) is 6.62. The number of hydrogen-bond donors (Lipinski definition) is 0. The molecule has 0 unspecified atom stereocenters. The van der Waals surface area contributed by atoms with Gasteiger partial charge in [-0.25, -0.2) is 0 Å². The van der Waals surface area contributed by atoms with Crippen LogP contribution >= 0.6 is 11.8 Å². The normalized spacial score (nSPS) is 12.6. The fourth-order valence-electron chi connectivity index (χ4n) is 4.74. The largest absolute Gasteiger partial charge is 0.383 e. The summed E-state index contributed by atoms with van der Waals surface area (Å²) in [6, 6.07) is 20.7.